The molecule has 1 heterocycles. The minimum absolute atomic E-state index is 0.130. The Hall–Kier alpha value is -2.53. The average Bonchev–Trinajstić information content (AvgIpc) is 2.69. The van der Waals surface area contributed by atoms with E-state index in [0.29, 0.717) is 13.0 Å². The number of fused-ring (bicyclic) bond motifs is 1. The van der Waals surface area contributed by atoms with E-state index in [1.807, 2.05) is 50.5 Å². The van der Waals surface area contributed by atoms with Crippen molar-refractivity contribution in [2.24, 2.45) is 0 Å². The fourth-order valence-electron chi connectivity index (χ4n) is 3.05. The minimum Gasteiger partial charge on any atom is -0.508 e. The van der Waals surface area contributed by atoms with Crippen LogP contribution in [-0.4, -0.2) is 43.2 Å². The highest BCUT2D eigenvalue weighted by molar-refractivity contribution is 5.94. The molecule has 0 saturated heterocycles. The Labute approximate surface area is 142 Å². The number of likely N-dealkylation sites (N-methyl/N-ethyl adjacent to an activating group) is 1. The lowest BCUT2D eigenvalue weighted by molar-refractivity contribution is 0.242. The third-order valence-electron chi connectivity index (χ3n) is 4.33. The molecule has 126 valence electrons. The van der Waals surface area contributed by atoms with E-state index in [0.717, 1.165) is 23.4 Å². The molecule has 1 aliphatic heterocycles. The van der Waals surface area contributed by atoms with E-state index < -0.39 is 0 Å². The number of carbonyl (C=O) groups excluding carboxylic acids is 1. The Bertz CT molecular complexity index is 730. The van der Waals surface area contributed by atoms with Crippen LogP contribution in [0.1, 0.15) is 17.2 Å². The number of hydrogen-bond donors (Lipinski definition) is 2. The van der Waals surface area contributed by atoms with Gasteiger partial charge in [0.25, 0.3) is 0 Å². The molecule has 0 radical (unpaired) electrons. The molecule has 0 aliphatic carbocycles. The summed E-state index contributed by atoms with van der Waals surface area (Å²) in [4.78, 5) is 16.6. The lowest BCUT2D eigenvalue weighted by Gasteiger charge is -2.24. The molecule has 2 aromatic rings. The normalized spacial score (nSPS) is 17.4. The van der Waals surface area contributed by atoms with Crippen molar-refractivity contribution < 1.29 is 9.90 Å². The van der Waals surface area contributed by atoms with Crippen molar-refractivity contribution in [3.8, 4) is 5.75 Å². The molecular weight excluding hydrogens is 302 g/mol. The predicted molar refractivity (Wildman–Crippen MR) is 95.4 cm³/mol. The quantitative estimate of drug-likeness (QED) is 0.909. The zero-order valence-corrected chi connectivity index (χ0v) is 14.1. The second kappa shape index (κ2) is 6.93. The van der Waals surface area contributed by atoms with Crippen molar-refractivity contribution in [2.45, 2.75) is 12.5 Å². The molecule has 2 N–H and O–H groups in total. The summed E-state index contributed by atoms with van der Waals surface area (Å²) >= 11 is 0. The standard InChI is InChI=1S/C19H23N3O2/c1-21(2)11-12-22-17-9-5-3-7-14(17)13-16(20-19(22)24)15-8-4-6-10-18(15)23/h3-10,16,23H,11-13H2,1-2H3,(H,20,24). The van der Waals surface area contributed by atoms with Crippen molar-refractivity contribution in [2.75, 3.05) is 32.1 Å². The summed E-state index contributed by atoms with van der Waals surface area (Å²) in [5.41, 5.74) is 2.78. The van der Waals surface area contributed by atoms with Crippen molar-refractivity contribution in [1.82, 2.24) is 10.2 Å². The maximum absolute atomic E-state index is 12.8. The summed E-state index contributed by atoms with van der Waals surface area (Å²) in [6.07, 6.45) is 0.651. The van der Waals surface area contributed by atoms with Gasteiger partial charge < -0.3 is 15.3 Å². The fraction of sp³-hybridized carbons (Fsp3) is 0.316. The maximum atomic E-state index is 12.8. The van der Waals surface area contributed by atoms with Gasteiger partial charge in [0, 0.05) is 24.3 Å². The van der Waals surface area contributed by atoms with Crippen LogP contribution in [0.15, 0.2) is 48.5 Å². The SMILES string of the molecule is CN(C)CCN1C(=O)NC(c2ccccc2O)Cc2ccccc21. The van der Waals surface area contributed by atoms with Crippen molar-refractivity contribution in [3.63, 3.8) is 0 Å². The smallest absolute Gasteiger partial charge is 0.322 e. The number of hydrogen-bond acceptors (Lipinski definition) is 3. The van der Waals surface area contributed by atoms with E-state index in [1.54, 1.807) is 17.0 Å². The number of urea groups is 1. The maximum Gasteiger partial charge on any atom is 0.322 e. The second-order valence-corrected chi connectivity index (χ2v) is 6.35. The molecule has 1 unspecified atom stereocenters. The molecule has 1 aliphatic rings. The Morgan fingerprint density at radius 1 is 1.17 bits per heavy atom. The van der Waals surface area contributed by atoms with E-state index in [4.69, 9.17) is 0 Å². The molecule has 5 heteroatoms. The van der Waals surface area contributed by atoms with Gasteiger partial charge in [-0.15, -0.1) is 0 Å². The Morgan fingerprint density at radius 2 is 1.88 bits per heavy atom. The molecule has 2 aromatic carbocycles. The first-order chi connectivity index (χ1) is 11.6. The molecule has 0 aromatic heterocycles. The number of nitrogens with zero attached hydrogens (tertiary/aromatic N) is 2. The van der Waals surface area contributed by atoms with Crippen LogP contribution in [0, 0.1) is 0 Å². The highest BCUT2D eigenvalue weighted by Gasteiger charge is 2.28. The van der Waals surface area contributed by atoms with Crippen molar-refractivity contribution in [3.05, 3.63) is 59.7 Å². The summed E-state index contributed by atoms with van der Waals surface area (Å²) in [6.45, 7) is 1.40. The van der Waals surface area contributed by atoms with Crippen LogP contribution in [0.4, 0.5) is 10.5 Å². The molecule has 24 heavy (non-hydrogen) atoms. The summed E-state index contributed by atoms with van der Waals surface area (Å²) in [6, 6.07) is 14.8. The van der Waals surface area contributed by atoms with Gasteiger partial charge in [0.05, 0.1) is 6.04 Å². The van der Waals surface area contributed by atoms with Gasteiger partial charge in [-0.1, -0.05) is 36.4 Å². The third kappa shape index (κ3) is 3.36. The van der Waals surface area contributed by atoms with Gasteiger partial charge in [0.15, 0.2) is 0 Å². The second-order valence-electron chi connectivity index (χ2n) is 6.35. The number of para-hydroxylation sites is 2. The number of benzene rings is 2. The Kier molecular flexibility index (Phi) is 4.71. The first kappa shape index (κ1) is 16.3. The van der Waals surface area contributed by atoms with Crippen LogP contribution in [0.5, 0.6) is 5.75 Å². The number of nitrogens with one attached hydrogen (secondary N) is 1. The van der Waals surface area contributed by atoms with Crippen molar-refractivity contribution >= 4 is 11.7 Å². The van der Waals surface area contributed by atoms with E-state index in [2.05, 4.69) is 10.2 Å². The summed E-state index contributed by atoms with van der Waals surface area (Å²) in [5.74, 6) is 0.210. The van der Waals surface area contributed by atoms with E-state index in [9.17, 15) is 9.90 Å². The van der Waals surface area contributed by atoms with Crippen LogP contribution < -0.4 is 10.2 Å². The molecule has 0 saturated carbocycles. The fourth-order valence-corrected chi connectivity index (χ4v) is 3.05. The number of carbonyl (C=O) groups is 1. The summed E-state index contributed by atoms with van der Waals surface area (Å²) < 4.78 is 0. The topological polar surface area (TPSA) is 55.8 Å². The number of phenolic OH excluding ortho intramolecular Hbond substituents is 1. The van der Waals surface area contributed by atoms with Gasteiger partial charge >= 0.3 is 6.03 Å². The van der Waals surface area contributed by atoms with Crippen LogP contribution in [0.25, 0.3) is 0 Å². The Balaban J connectivity index is 1.96. The first-order valence-electron chi connectivity index (χ1n) is 8.15. The minimum atomic E-state index is -0.246. The van der Waals surface area contributed by atoms with Gasteiger partial charge in [-0.05, 0) is 38.2 Å². The van der Waals surface area contributed by atoms with E-state index >= 15 is 0 Å². The molecule has 0 spiro atoms. The average molecular weight is 325 g/mol. The van der Waals surface area contributed by atoms with Crippen molar-refractivity contribution in [1.29, 1.82) is 0 Å². The number of anilines is 1. The largest absolute Gasteiger partial charge is 0.508 e. The van der Waals surface area contributed by atoms with E-state index in [-0.39, 0.29) is 17.8 Å². The van der Waals surface area contributed by atoms with Gasteiger partial charge in [-0.2, -0.15) is 0 Å². The Morgan fingerprint density at radius 3 is 2.62 bits per heavy atom. The molecule has 3 rings (SSSR count). The molecule has 0 bridgehead atoms. The number of rotatable bonds is 4. The van der Waals surface area contributed by atoms with Gasteiger partial charge in [-0.3, -0.25) is 4.90 Å². The number of aromatic hydroxyl groups is 1. The van der Waals surface area contributed by atoms with Crippen LogP contribution >= 0.6 is 0 Å². The number of amides is 2. The molecule has 1 atom stereocenters. The lowest BCUT2D eigenvalue weighted by Crippen LogP contribution is -2.43. The van der Waals surface area contributed by atoms with Gasteiger partial charge in [-0.25, -0.2) is 4.79 Å². The predicted octanol–water partition coefficient (Wildman–Crippen LogP) is 2.77. The van der Waals surface area contributed by atoms with E-state index in [1.165, 1.54) is 0 Å². The first-order valence-corrected chi connectivity index (χ1v) is 8.15. The summed E-state index contributed by atoms with van der Waals surface area (Å²) in [7, 11) is 3.99. The molecular formula is C19H23N3O2. The van der Waals surface area contributed by atoms with Crippen LogP contribution in [-0.2, 0) is 6.42 Å². The molecule has 5 nitrogen and oxygen atoms in total. The van der Waals surface area contributed by atoms with Gasteiger partial charge in [0.2, 0.25) is 0 Å². The zero-order valence-electron chi connectivity index (χ0n) is 14.1. The van der Waals surface area contributed by atoms with Gasteiger partial charge in [0.1, 0.15) is 5.75 Å². The van der Waals surface area contributed by atoms with Crippen LogP contribution in [0.2, 0.25) is 0 Å². The number of phenols is 1. The highest BCUT2D eigenvalue weighted by Crippen LogP contribution is 2.33. The van der Waals surface area contributed by atoms with Crippen LogP contribution in [0.3, 0.4) is 0 Å². The highest BCUT2D eigenvalue weighted by atomic mass is 16.3. The zero-order chi connectivity index (χ0) is 17.1. The monoisotopic (exact) mass is 325 g/mol. The third-order valence-corrected chi connectivity index (χ3v) is 4.33. The molecule has 0 fully saturated rings. The summed E-state index contributed by atoms with van der Waals surface area (Å²) in [5, 5.41) is 13.2. The lowest BCUT2D eigenvalue weighted by atomic mass is 9.97. The molecule has 2 amide bonds.